The predicted molar refractivity (Wildman–Crippen MR) is 108 cm³/mol. The van der Waals surface area contributed by atoms with Crippen LogP contribution in [0.5, 0.6) is 5.75 Å². The van der Waals surface area contributed by atoms with E-state index in [0.29, 0.717) is 18.8 Å². The number of nitrogens with one attached hydrogen (secondary N) is 1. The normalized spacial score (nSPS) is 17.2. The largest absolute Gasteiger partial charge is 0.484 e. The number of carbonyl (C=O) groups excluding carboxylic acids is 1. The minimum Gasteiger partial charge on any atom is -0.484 e. The highest BCUT2D eigenvalue weighted by molar-refractivity contribution is 7.89. The number of piperidine rings is 1. The van der Waals surface area contributed by atoms with Crippen molar-refractivity contribution in [3.05, 3.63) is 59.9 Å². The fourth-order valence-corrected chi connectivity index (χ4v) is 4.37. The number of benzene rings is 2. The van der Waals surface area contributed by atoms with Crippen LogP contribution in [-0.2, 0) is 14.8 Å². The minimum atomic E-state index is -3.57. The first kappa shape index (κ1) is 21.3. The highest BCUT2D eigenvalue weighted by atomic mass is 32.2. The summed E-state index contributed by atoms with van der Waals surface area (Å²) in [7, 11) is -3.57. The van der Waals surface area contributed by atoms with Gasteiger partial charge >= 0.3 is 0 Å². The first-order valence-electron chi connectivity index (χ1n) is 9.56. The van der Waals surface area contributed by atoms with Gasteiger partial charge in [-0.05, 0) is 62.1 Å². The first-order chi connectivity index (χ1) is 13.8. The molecule has 1 N–H and O–H groups in total. The molecule has 6 nitrogen and oxygen atoms in total. The zero-order valence-corrected chi connectivity index (χ0v) is 17.1. The van der Waals surface area contributed by atoms with Crippen LogP contribution in [0.25, 0.3) is 0 Å². The molecule has 1 atom stereocenters. The number of hydrogen-bond donors (Lipinski definition) is 1. The van der Waals surface area contributed by atoms with Crippen LogP contribution in [0.1, 0.15) is 18.4 Å². The van der Waals surface area contributed by atoms with Gasteiger partial charge in [-0.3, -0.25) is 4.79 Å². The van der Waals surface area contributed by atoms with E-state index in [0.717, 1.165) is 18.4 Å². The lowest BCUT2D eigenvalue weighted by Crippen LogP contribution is -2.45. The third kappa shape index (κ3) is 6.01. The number of ether oxygens (including phenoxy) is 1. The van der Waals surface area contributed by atoms with E-state index in [2.05, 4.69) is 4.72 Å². The van der Waals surface area contributed by atoms with Crippen molar-refractivity contribution in [3.8, 4) is 5.75 Å². The molecule has 1 saturated heterocycles. The average Bonchev–Trinajstić information content (AvgIpc) is 2.72. The number of rotatable bonds is 7. The van der Waals surface area contributed by atoms with Crippen molar-refractivity contribution in [2.75, 3.05) is 26.2 Å². The Morgan fingerprint density at radius 1 is 1.17 bits per heavy atom. The molecular formula is C21H25FN2O4S. The predicted octanol–water partition coefficient (Wildman–Crippen LogP) is 2.73. The van der Waals surface area contributed by atoms with E-state index in [1.807, 2.05) is 6.92 Å². The van der Waals surface area contributed by atoms with Crippen LogP contribution >= 0.6 is 0 Å². The summed E-state index contributed by atoms with van der Waals surface area (Å²) in [5.74, 6) is -0.0611. The van der Waals surface area contributed by atoms with E-state index >= 15 is 0 Å². The van der Waals surface area contributed by atoms with Crippen LogP contribution in [0.2, 0.25) is 0 Å². The number of likely N-dealkylation sites (tertiary alicyclic amines) is 1. The molecule has 3 rings (SSSR count). The molecule has 0 saturated carbocycles. The number of aryl methyl sites for hydroxylation is 1. The minimum absolute atomic E-state index is 0.0405. The summed E-state index contributed by atoms with van der Waals surface area (Å²) in [6, 6.07) is 12.2. The third-order valence-corrected chi connectivity index (χ3v) is 6.38. The molecule has 29 heavy (non-hydrogen) atoms. The monoisotopic (exact) mass is 420 g/mol. The maximum atomic E-state index is 12.9. The molecule has 0 spiro atoms. The van der Waals surface area contributed by atoms with E-state index < -0.39 is 10.0 Å². The van der Waals surface area contributed by atoms with Gasteiger partial charge in [-0.1, -0.05) is 17.7 Å². The summed E-state index contributed by atoms with van der Waals surface area (Å²) >= 11 is 0. The van der Waals surface area contributed by atoms with Gasteiger partial charge in [-0.25, -0.2) is 17.5 Å². The quantitative estimate of drug-likeness (QED) is 0.747. The lowest BCUT2D eigenvalue weighted by molar-refractivity contribution is -0.135. The number of carbonyl (C=O) groups is 1. The Morgan fingerprint density at radius 3 is 2.55 bits per heavy atom. The van der Waals surface area contributed by atoms with E-state index in [1.54, 1.807) is 29.2 Å². The van der Waals surface area contributed by atoms with Crippen molar-refractivity contribution >= 4 is 15.9 Å². The summed E-state index contributed by atoms with van der Waals surface area (Å²) < 4.78 is 45.9. The zero-order chi connectivity index (χ0) is 20.9. The van der Waals surface area contributed by atoms with Gasteiger partial charge in [-0.2, -0.15) is 0 Å². The van der Waals surface area contributed by atoms with E-state index in [1.165, 1.54) is 24.3 Å². The number of halogens is 1. The summed E-state index contributed by atoms with van der Waals surface area (Å²) in [5.41, 5.74) is 0.994. The number of amides is 1. The molecule has 2 aromatic rings. The molecule has 156 valence electrons. The molecule has 0 radical (unpaired) electrons. The second-order valence-electron chi connectivity index (χ2n) is 7.26. The van der Waals surface area contributed by atoms with E-state index in [-0.39, 0.29) is 35.7 Å². The van der Waals surface area contributed by atoms with Crippen LogP contribution in [0.3, 0.4) is 0 Å². The zero-order valence-electron chi connectivity index (χ0n) is 16.3. The maximum Gasteiger partial charge on any atom is 0.260 e. The second kappa shape index (κ2) is 9.37. The SMILES string of the molecule is Cc1ccc(S(=O)(=O)NCC2CCCN(C(=O)COc3ccc(F)cc3)C2)cc1. The molecule has 1 fully saturated rings. The van der Waals surface area contributed by atoms with Crippen molar-refractivity contribution in [2.45, 2.75) is 24.7 Å². The Kier molecular flexibility index (Phi) is 6.87. The number of sulfonamides is 1. The van der Waals surface area contributed by atoms with Gasteiger partial charge in [0, 0.05) is 19.6 Å². The van der Waals surface area contributed by atoms with Gasteiger partial charge < -0.3 is 9.64 Å². The van der Waals surface area contributed by atoms with Gasteiger partial charge in [0.2, 0.25) is 10.0 Å². The number of nitrogens with zero attached hydrogens (tertiary/aromatic N) is 1. The Labute approximate surface area is 170 Å². The summed E-state index contributed by atoms with van der Waals surface area (Å²) in [4.78, 5) is 14.4. The summed E-state index contributed by atoms with van der Waals surface area (Å²) in [6.45, 7) is 3.14. The van der Waals surface area contributed by atoms with Crippen LogP contribution in [-0.4, -0.2) is 45.5 Å². The topological polar surface area (TPSA) is 75.7 Å². The molecule has 1 aliphatic rings. The van der Waals surface area contributed by atoms with E-state index in [4.69, 9.17) is 4.74 Å². The third-order valence-electron chi connectivity index (χ3n) is 4.94. The Hall–Kier alpha value is -2.45. The van der Waals surface area contributed by atoms with Gasteiger partial charge in [0.25, 0.3) is 5.91 Å². The van der Waals surface area contributed by atoms with Crippen LogP contribution < -0.4 is 9.46 Å². The van der Waals surface area contributed by atoms with Gasteiger partial charge in [0.15, 0.2) is 6.61 Å². The lowest BCUT2D eigenvalue weighted by atomic mass is 9.98. The van der Waals surface area contributed by atoms with Crippen LogP contribution in [0, 0.1) is 18.7 Å². The fourth-order valence-electron chi connectivity index (χ4n) is 3.25. The molecule has 1 heterocycles. The highest BCUT2D eigenvalue weighted by Crippen LogP contribution is 2.18. The molecule has 1 unspecified atom stereocenters. The summed E-state index contributed by atoms with van der Waals surface area (Å²) in [6.07, 6.45) is 1.65. The smallest absolute Gasteiger partial charge is 0.260 e. The molecule has 1 aliphatic heterocycles. The molecular weight excluding hydrogens is 395 g/mol. The van der Waals surface area contributed by atoms with Gasteiger partial charge in [-0.15, -0.1) is 0 Å². The molecule has 1 amide bonds. The van der Waals surface area contributed by atoms with Crippen molar-refractivity contribution in [1.82, 2.24) is 9.62 Å². The lowest BCUT2D eigenvalue weighted by Gasteiger charge is -2.32. The maximum absolute atomic E-state index is 12.9. The van der Waals surface area contributed by atoms with E-state index in [9.17, 15) is 17.6 Å². The highest BCUT2D eigenvalue weighted by Gasteiger charge is 2.25. The van der Waals surface area contributed by atoms with Crippen LogP contribution in [0.15, 0.2) is 53.4 Å². The molecule has 2 aromatic carbocycles. The number of hydrogen-bond acceptors (Lipinski definition) is 4. The molecule has 0 bridgehead atoms. The van der Waals surface area contributed by atoms with Crippen LogP contribution in [0.4, 0.5) is 4.39 Å². The van der Waals surface area contributed by atoms with Crippen molar-refractivity contribution in [2.24, 2.45) is 5.92 Å². The van der Waals surface area contributed by atoms with Gasteiger partial charge in [0.1, 0.15) is 11.6 Å². The Bertz CT molecular complexity index is 930. The summed E-state index contributed by atoms with van der Waals surface area (Å²) in [5, 5.41) is 0. The molecule has 8 heteroatoms. The Balaban J connectivity index is 1.50. The van der Waals surface area contributed by atoms with Crippen molar-refractivity contribution < 1.29 is 22.3 Å². The standard InChI is InChI=1S/C21H25FN2O4S/c1-16-4-10-20(11-5-16)29(26,27)23-13-17-3-2-12-24(14-17)21(25)15-28-19-8-6-18(22)7-9-19/h4-11,17,23H,2-3,12-15H2,1H3. The van der Waals surface area contributed by atoms with Gasteiger partial charge in [0.05, 0.1) is 4.90 Å². The molecule has 0 aromatic heterocycles. The molecule has 0 aliphatic carbocycles. The second-order valence-corrected chi connectivity index (χ2v) is 9.02. The Morgan fingerprint density at radius 2 is 1.86 bits per heavy atom. The first-order valence-corrected chi connectivity index (χ1v) is 11.0. The van der Waals surface area contributed by atoms with Crippen molar-refractivity contribution in [1.29, 1.82) is 0 Å². The fraction of sp³-hybridized carbons (Fsp3) is 0.381. The van der Waals surface area contributed by atoms with Crippen molar-refractivity contribution in [3.63, 3.8) is 0 Å². The average molecular weight is 421 g/mol.